The number of amides is 1. The largest absolute Gasteiger partial charge is 0.340 e. The molecule has 1 aliphatic rings. The van der Waals surface area contributed by atoms with Crippen molar-refractivity contribution < 1.29 is 9.18 Å². The molecular weight excluding hydrogens is 375 g/mol. The van der Waals surface area contributed by atoms with Crippen molar-refractivity contribution in [2.24, 2.45) is 0 Å². The van der Waals surface area contributed by atoms with Crippen LogP contribution in [0.15, 0.2) is 47.3 Å². The second-order valence-electron chi connectivity index (χ2n) is 7.10. The number of halogens is 1. The van der Waals surface area contributed by atoms with Crippen LogP contribution in [0.25, 0.3) is 21.9 Å². The summed E-state index contributed by atoms with van der Waals surface area (Å²) in [5.41, 5.74) is 1.39. The maximum atomic E-state index is 13.5. The third kappa shape index (κ3) is 3.04. The van der Waals surface area contributed by atoms with Gasteiger partial charge in [-0.15, -0.1) is 5.10 Å². The van der Waals surface area contributed by atoms with Gasteiger partial charge in [0.2, 0.25) is 5.91 Å². The molecule has 146 valence electrons. The number of carbonyl (C=O) groups excluding carboxylic acids is 1. The SMILES string of the molecule is O=C(Cn1nnc2ccccc2c1=O)N1CCCC1c1nc2ccc(F)cc2[nH]1. The average molecular weight is 392 g/mol. The molecule has 2 aromatic heterocycles. The number of nitrogens with zero attached hydrogens (tertiary/aromatic N) is 5. The first-order valence-electron chi connectivity index (χ1n) is 9.37. The van der Waals surface area contributed by atoms with Gasteiger partial charge in [-0.3, -0.25) is 9.59 Å². The first kappa shape index (κ1) is 17.5. The highest BCUT2D eigenvalue weighted by Gasteiger charge is 2.32. The number of hydrogen-bond donors (Lipinski definition) is 1. The zero-order valence-electron chi connectivity index (χ0n) is 15.4. The number of nitrogens with one attached hydrogen (secondary N) is 1. The second-order valence-corrected chi connectivity index (χ2v) is 7.10. The highest BCUT2D eigenvalue weighted by atomic mass is 19.1. The van der Waals surface area contributed by atoms with Gasteiger partial charge in [-0.2, -0.15) is 0 Å². The normalized spacial score (nSPS) is 16.7. The molecule has 3 heterocycles. The lowest BCUT2D eigenvalue weighted by atomic mass is 10.2. The molecule has 1 amide bonds. The number of hydrogen-bond acceptors (Lipinski definition) is 5. The summed E-state index contributed by atoms with van der Waals surface area (Å²) in [6.07, 6.45) is 1.56. The Morgan fingerprint density at radius 2 is 2.07 bits per heavy atom. The van der Waals surface area contributed by atoms with E-state index in [9.17, 15) is 14.0 Å². The molecule has 1 fully saturated rings. The third-order valence-corrected chi connectivity index (χ3v) is 5.27. The number of fused-ring (bicyclic) bond motifs is 2. The molecule has 0 bridgehead atoms. The van der Waals surface area contributed by atoms with Gasteiger partial charge in [0.1, 0.15) is 23.7 Å². The van der Waals surface area contributed by atoms with Crippen LogP contribution in [0.2, 0.25) is 0 Å². The summed E-state index contributed by atoms with van der Waals surface area (Å²) >= 11 is 0. The molecule has 0 radical (unpaired) electrons. The van der Waals surface area contributed by atoms with Crippen molar-refractivity contribution in [1.82, 2.24) is 29.9 Å². The summed E-state index contributed by atoms with van der Waals surface area (Å²) < 4.78 is 14.6. The van der Waals surface area contributed by atoms with Gasteiger partial charge in [0.15, 0.2) is 0 Å². The summed E-state index contributed by atoms with van der Waals surface area (Å²) in [5, 5.41) is 8.35. The zero-order valence-corrected chi connectivity index (χ0v) is 15.4. The van der Waals surface area contributed by atoms with Crippen molar-refractivity contribution in [2.45, 2.75) is 25.4 Å². The van der Waals surface area contributed by atoms with Gasteiger partial charge >= 0.3 is 0 Å². The summed E-state index contributed by atoms with van der Waals surface area (Å²) in [5.74, 6) is 0.0421. The first-order valence-corrected chi connectivity index (χ1v) is 9.37. The van der Waals surface area contributed by atoms with Gasteiger partial charge in [-0.25, -0.2) is 14.1 Å². The van der Waals surface area contributed by atoms with Crippen molar-refractivity contribution in [2.75, 3.05) is 6.54 Å². The van der Waals surface area contributed by atoms with Gasteiger partial charge < -0.3 is 9.88 Å². The molecule has 1 N–H and O–H groups in total. The lowest BCUT2D eigenvalue weighted by Gasteiger charge is -2.23. The number of imidazole rings is 1. The van der Waals surface area contributed by atoms with Crippen LogP contribution in [0.3, 0.4) is 0 Å². The van der Waals surface area contributed by atoms with Gasteiger partial charge in [0.25, 0.3) is 5.56 Å². The fourth-order valence-corrected chi connectivity index (χ4v) is 3.85. The van der Waals surface area contributed by atoms with Crippen molar-refractivity contribution in [3.05, 3.63) is 64.5 Å². The van der Waals surface area contributed by atoms with Crippen LogP contribution >= 0.6 is 0 Å². The predicted molar refractivity (Wildman–Crippen MR) is 104 cm³/mol. The molecule has 2 aromatic carbocycles. The number of carbonyl (C=O) groups is 1. The molecule has 1 saturated heterocycles. The Hall–Kier alpha value is -3.62. The van der Waals surface area contributed by atoms with Gasteiger partial charge in [0.05, 0.1) is 22.5 Å². The molecule has 1 aliphatic heterocycles. The van der Waals surface area contributed by atoms with E-state index in [0.29, 0.717) is 34.3 Å². The summed E-state index contributed by atoms with van der Waals surface area (Å²) in [6, 6.07) is 11.0. The smallest absolute Gasteiger partial charge is 0.278 e. The monoisotopic (exact) mass is 392 g/mol. The van der Waals surface area contributed by atoms with E-state index in [1.165, 1.54) is 12.1 Å². The van der Waals surface area contributed by atoms with Crippen LogP contribution in [-0.2, 0) is 11.3 Å². The number of rotatable bonds is 3. The van der Waals surface area contributed by atoms with Crippen LogP contribution in [-0.4, -0.2) is 42.3 Å². The van der Waals surface area contributed by atoms with E-state index in [4.69, 9.17) is 0 Å². The van der Waals surface area contributed by atoms with Crippen molar-refractivity contribution >= 4 is 27.8 Å². The predicted octanol–water partition coefficient (Wildman–Crippen LogP) is 2.17. The highest BCUT2D eigenvalue weighted by molar-refractivity contribution is 5.79. The minimum absolute atomic E-state index is 0.192. The standard InChI is InChI=1S/C20H17FN6O2/c21-12-7-8-15-16(10-12)23-19(22-15)17-6-3-9-26(17)18(28)11-27-20(29)13-4-1-2-5-14(13)24-25-27/h1-2,4-5,7-8,10,17H,3,6,9,11H2,(H,22,23). The zero-order chi connectivity index (χ0) is 20.0. The molecule has 1 unspecified atom stereocenters. The Kier molecular flexibility index (Phi) is 4.08. The molecule has 29 heavy (non-hydrogen) atoms. The van der Waals surface area contributed by atoms with Crippen LogP contribution in [0.4, 0.5) is 4.39 Å². The Morgan fingerprint density at radius 1 is 1.21 bits per heavy atom. The second kappa shape index (κ2) is 6.77. The molecular formula is C20H17FN6O2. The van der Waals surface area contributed by atoms with Crippen LogP contribution in [0.1, 0.15) is 24.7 Å². The van der Waals surface area contributed by atoms with E-state index >= 15 is 0 Å². The van der Waals surface area contributed by atoms with Crippen molar-refractivity contribution in [3.8, 4) is 0 Å². The van der Waals surface area contributed by atoms with Gasteiger partial charge in [-0.1, -0.05) is 17.3 Å². The molecule has 9 heteroatoms. The average Bonchev–Trinajstić information content (AvgIpc) is 3.36. The number of aromatic nitrogens is 5. The Bertz CT molecular complexity index is 1300. The van der Waals surface area contributed by atoms with E-state index in [1.807, 2.05) is 0 Å². The molecule has 0 spiro atoms. The van der Waals surface area contributed by atoms with Crippen LogP contribution in [0, 0.1) is 5.82 Å². The number of H-pyrrole nitrogens is 1. The minimum Gasteiger partial charge on any atom is -0.340 e. The van der Waals surface area contributed by atoms with Gasteiger partial charge in [0, 0.05) is 6.54 Å². The maximum absolute atomic E-state index is 13.5. The third-order valence-electron chi connectivity index (χ3n) is 5.27. The summed E-state index contributed by atoms with van der Waals surface area (Å²) in [7, 11) is 0. The highest BCUT2D eigenvalue weighted by Crippen LogP contribution is 2.31. The van der Waals surface area contributed by atoms with E-state index < -0.39 is 0 Å². The van der Waals surface area contributed by atoms with Crippen LogP contribution in [0.5, 0.6) is 0 Å². The van der Waals surface area contributed by atoms with E-state index in [-0.39, 0.29) is 29.9 Å². The first-order chi connectivity index (χ1) is 14.1. The van der Waals surface area contributed by atoms with Crippen LogP contribution < -0.4 is 5.56 Å². The van der Waals surface area contributed by atoms with E-state index in [2.05, 4.69) is 20.3 Å². The summed E-state index contributed by atoms with van der Waals surface area (Å²) in [4.78, 5) is 34.9. The summed E-state index contributed by atoms with van der Waals surface area (Å²) in [6.45, 7) is 0.368. The Labute approximate surface area is 164 Å². The molecule has 5 rings (SSSR count). The van der Waals surface area contributed by atoms with E-state index in [1.54, 1.807) is 35.2 Å². The number of aromatic amines is 1. The molecule has 4 aromatic rings. The minimum atomic E-state index is -0.348. The lowest BCUT2D eigenvalue weighted by Crippen LogP contribution is -2.37. The number of benzene rings is 2. The van der Waals surface area contributed by atoms with E-state index in [0.717, 1.165) is 17.5 Å². The maximum Gasteiger partial charge on any atom is 0.278 e. The fourth-order valence-electron chi connectivity index (χ4n) is 3.85. The Balaban J connectivity index is 1.43. The lowest BCUT2D eigenvalue weighted by molar-refractivity contribution is -0.133. The molecule has 0 aliphatic carbocycles. The quantitative estimate of drug-likeness (QED) is 0.576. The number of likely N-dealkylation sites (tertiary alicyclic amines) is 1. The molecule has 0 saturated carbocycles. The molecule has 8 nitrogen and oxygen atoms in total. The Morgan fingerprint density at radius 3 is 2.97 bits per heavy atom. The van der Waals surface area contributed by atoms with Crippen molar-refractivity contribution in [3.63, 3.8) is 0 Å². The van der Waals surface area contributed by atoms with Crippen molar-refractivity contribution in [1.29, 1.82) is 0 Å². The fraction of sp³-hybridized carbons (Fsp3) is 0.250. The molecule has 1 atom stereocenters. The van der Waals surface area contributed by atoms with Gasteiger partial charge in [-0.05, 0) is 43.2 Å². The topological polar surface area (TPSA) is 96.8 Å².